The molecule has 16 heavy (non-hydrogen) atoms. The third-order valence-corrected chi connectivity index (χ3v) is 2.63. The van der Waals surface area contributed by atoms with Crippen molar-refractivity contribution in [3.63, 3.8) is 0 Å². The Kier molecular flexibility index (Phi) is 2.95. The monoisotopic (exact) mass is 215 g/mol. The molecule has 0 aliphatic carbocycles. The van der Waals surface area contributed by atoms with E-state index >= 15 is 0 Å². The topological polar surface area (TPSA) is 43.8 Å². The van der Waals surface area contributed by atoms with Crippen LogP contribution in [0.2, 0.25) is 0 Å². The van der Waals surface area contributed by atoms with E-state index in [1.54, 1.807) is 6.20 Å². The van der Waals surface area contributed by atoms with E-state index in [0.717, 1.165) is 29.9 Å². The van der Waals surface area contributed by atoms with Crippen LogP contribution in [0.1, 0.15) is 24.6 Å². The molecule has 0 fully saturated rings. The Balaban J connectivity index is 2.47. The van der Waals surface area contributed by atoms with E-state index in [4.69, 9.17) is 5.73 Å². The first-order valence-corrected chi connectivity index (χ1v) is 5.61. The van der Waals surface area contributed by atoms with Crippen LogP contribution in [0.25, 0.3) is 5.69 Å². The Bertz CT molecular complexity index is 486. The van der Waals surface area contributed by atoms with Gasteiger partial charge < -0.3 is 5.73 Å². The maximum absolute atomic E-state index is 5.92. The van der Waals surface area contributed by atoms with Gasteiger partial charge >= 0.3 is 0 Å². The number of aromatic nitrogens is 2. The van der Waals surface area contributed by atoms with Crippen molar-refractivity contribution < 1.29 is 0 Å². The molecule has 1 aromatic carbocycles. The maximum Gasteiger partial charge on any atom is 0.0737 e. The predicted molar refractivity (Wildman–Crippen MR) is 66.7 cm³/mol. The molecule has 0 aliphatic rings. The molecule has 1 heterocycles. The fourth-order valence-electron chi connectivity index (χ4n) is 1.86. The minimum atomic E-state index is 0.781. The zero-order valence-corrected chi connectivity index (χ0v) is 9.77. The van der Waals surface area contributed by atoms with Crippen molar-refractivity contribution in [2.75, 3.05) is 5.73 Å². The molecule has 3 heteroatoms. The standard InChI is InChI=1S/C13H17N3/c1-3-5-13-12(14)9-15-16(13)11-7-4-6-10(2)8-11/h4,6-9H,3,5,14H2,1-2H3. The highest BCUT2D eigenvalue weighted by molar-refractivity contribution is 5.46. The second-order valence-corrected chi connectivity index (χ2v) is 4.05. The predicted octanol–water partition coefficient (Wildman–Crippen LogP) is 2.72. The molecule has 0 aliphatic heterocycles. The molecule has 2 aromatic rings. The van der Waals surface area contributed by atoms with Gasteiger partial charge in [-0.15, -0.1) is 0 Å². The average molecular weight is 215 g/mol. The number of hydrogen-bond acceptors (Lipinski definition) is 2. The quantitative estimate of drug-likeness (QED) is 0.855. The van der Waals surface area contributed by atoms with Gasteiger partial charge in [-0.25, -0.2) is 4.68 Å². The summed E-state index contributed by atoms with van der Waals surface area (Å²) in [7, 11) is 0. The van der Waals surface area contributed by atoms with E-state index in [-0.39, 0.29) is 0 Å². The summed E-state index contributed by atoms with van der Waals surface area (Å²) in [5, 5.41) is 4.34. The van der Waals surface area contributed by atoms with E-state index in [9.17, 15) is 0 Å². The molecule has 84 valence electrons. The average Bonchev–Trinajstić information content (AvgIpc) is 2.61. The number of benzene rings is 1. The van der Waals surface area contributed by atoms with Crippen LogP contribution in [0.15, 0.2) is 30.5 Å². The van der Waals surface area contributed by atoms with Gasteiger partial charge in [-0.3, -0.25) is 0 Å². The van der Waals surface area contributed by atoms with Crippen LogP contribution in [0, 0.1) is 6.92 Å². The van der Waals surface area contributed by atoms with Crippen LogP contribution in [0.4, 0.5) is 5.69 Å². The first-order chi connectivity index (χ1) is 7.72. The number of aryl methyl sites for hydroxylation is 1. The lowest BCUT2D eigenvalue weighted by Gasteiger charge is -2.08. The van der Waals surface area contributed by atoms with E-state index in [2.05, 4.69) is 37.1 Å². The van der Waals surface area contributed by atoms with E-state index < -0.39 is 0 Å². The van der Waals surface area contributed by atoms with Crippen molar-refractivity contribution in [2.45, 2.75) is 26.7 Å². The second-order valence-electron chi connectivity index (χ2n) is 4.05. The van der Waals surface area contributed by atoms with E-state index in [0.29, 0.717) is 0 Å². The third kappa shape index (κ3) is 1.94. The Morgan fingerprint density at radius 3 is 2.88 bits per heavy atom. The molecule has 0 bridgehead atoms. The van der Waals surface area contributed by atoms with Crippen molar-refractivity contribution >= 4 is 5.69 Å². The zero-order valence-electron chi connectivity index (χ0n) is 9.77. The normalized spacial score (nSPS) is 10.6. The highest BCUT2D eigenvalue weighted by Crippen LogP contribution is 2.18. The molecule has 3 nitrogen and oxygen atoms in total. The number of anilines is 1. The SMILES string of the molecule is CCCc1c(N)cnn1-c1cccc(C)c1. The number of nitrogens with zero attached hydrogens (tertiary/aromatic N) is 2. The Morgan fingerprint density at radius 1 is 1.38 bits per heavy atom. The van der Waals surface area contributed by atoms with Gasteiger partial charge in [0.25, 0.3) is 0 Å². The van der Waals surface area contributed by atoms with Crippen molar-refractivity contribution in [3.8, 4) is 5.69 Å². The lowest BCUT2D eigenvalue weighted by atomic mass is 10.2. The van der Waals surface area contributed by atoms with Crippen LogP contribution in [0.5, 0.6) is 0 Å². The van der Waals surface area contributed by atoms with Crippen molar-refractivity contribution in [1.82, 2.24) is 9.78 Å². The first-order valence-electron chi connectivity index (χ1n) is 5.61. The van der Waals surface area contributed by atoms with Crippen LogP contribution >= 0.6 is 0 Å². The second kappa shape index (κ2) is 4.39. The molecule has 0 atom stereocenters. The largest absolute Gasteiger partial charge is 0.396 e. The molecule has 0 saturated carbocycles. The minimum Gasteiger partial charge on any atom is -0.396 e. The molecule has 0 spiro atoms. The van der Waals surface area contributed by atoms with Gasteiger partial charge in [0, 0.05) is 0 Å². The van der Waals surface area contributed by atoms with Gasteiger partial charge in [-0.1, -0.05) is 25.5 Å². The molecule has 0 amide bonds. The summed E-state index contributed by atoms with van der Waals surface area (Å²) in [5.74, 6) is 0. The van der Waals surface area contributed by atoms with Gasteiger partial charge in [0.2, 0.25) is 0 Å². The minimum absolute atomic E-state index is 0.781. The summed E-state index contributed by atoms with van der Waals surface area (Å²) >= 11 is 0. The first kappa shape index (κ1) is 10.7. The summed E-state index contributed by atoms with van der Waals surface area (Å²) in [6.45, 7) is 4.23. The molecule has 2 N–H and O–H groups in total. The summed E-state index contributed by atoms with van der Waals surface area (Å²) in [6.07, 6.45) is 3.76. The highest BCUT2D eigenvalue weighted by Gasteiger charge is 2.08. The Morgan fingerprint density at radius 2 is 2.19 bits per heavy atom. The maximum atomic E-state index is 5.92. The number of hydrogen-bond donors (Lipinski definition) is 1. The third-order valence-electron chi connectivity index (χ3n) is 2.63. The van der Waals surface area contributed by atoms with Crippen LogP contribution < -0.4 is 5.73 Å². The molecule has 0 saturated heterocycles. The lowest BCUT2D eigenvalue weighted by Crippen LogP contribution is -2.03. The summed E-state index contributed by atoms with van der Waals surface area (Å²) in [4.78, 5) is 0. The number of nitrogen functional groups attached to an aromatic ring is 1. The number of nitrogens with two attached hydrogens (primary N) is 1. The smallest absolute Gasteiger partial charge is 0.0737 e. The summed E-state index contributed by atoms with van der Waals surface area (Å²) in [6, 6.07) is 8.29. The van der Waals surface area contributed by atoms with Crippen LogP contribution in [-0.2, 0) is 6.42 Å². The van der Waals surface area contributed by atoms with E-state index in [1.807, 2.05) is 10.7 Å². The van der Waals surface area contributed by atoms with Crippen LogP contribution in [0.3, 0.4) is 0 Å². The summed E-state index contributed by atoms with van der Waals surface area (Å²) in [5.41, 5.74) is 10.1. The Labute approximate surface area is 95.9 Å². The van der Waals surface area contributed by atoms with Crippen molar-refractivity contribution in [3.05, 3.63) is 41.7 Å². The summed E-state index contributed by atoms with van der Waals surface area (Å²) < 4.78 is 1.94. The number of rotatable bonds is 3. The fraction of sp³-hybridized carbons (Fsp3) is 0.308. The van der Waals surface area contributed by atoms with Gasteiger partial charge in [0.15, 0.2) is 0 Å². The van der Waals surface area contributed by atoms with Crippen molar-refractivity contribution in [1.29, 1.82) is 0 Å². The van der Waals surface area contributed by atoms with Gasteiger partial charge in [0.1, 0.15) is 0 Å². The van der Waals surface area contributed by atoms with E-state index in [1.165, 1.54) is 5.56 Å². The molecular weight excluding hydrogens is 198 g/mol. The van der Waals surface area contributed by atoms with Crippen LogP contribution in [-0.4, -0.2) is 9.78 Å². The van der Waals surface area contributed by atoms with Gasteiger partial charge in [-0.05, 0) is 31.0 Å². The fourth-order valence-corrected chi connectivity index (χ4v) is 1.86. The molecule has 2 rings (SSSR count). The highest BCUT2D eigenvalue weighted by atomic mass is 15.3. The Hall–Kier alpha value is -1.77. The molecule has 1 aromatic heterocycles. The molecule has 0 radical (unpaired) electrons. The lowest BCUT2D eigenvalue weighted by molar-refractivity contribution is 0.776. The van der Waals surface area contributed by atoms with Gasteiger partial charge in [0.05, 0.1) is 23.3 Å². The zero-order chi connectivity index (χ0) is 11.5. The van der Waals surface area contributed by atoms with Gasteiger partial charge in [-0.2, -0.15) is 5.10 Å². The molecular formula is C13H17N3. The van der Waals surface area contributed by atoms with Crippen molar-refractivity contribution in [2.24, 2.45) is 0 Å². The molecule has 0 unspecified atom stereocenters.